The van der Waals surface area contributed by atoms with Crippen LogP contribution >= 0.6 is 0 Å². The number of hydrogen-bond acceptors (Lipinski definition) is 3. The van der Waals surface area contributed by atoms with Crippen LogP contribution < -0.4 is 11.1 Å². The molecule has 3 N–H and O–H groups in total. The zero-order valence-electron chi connectivity index (χ0n) is 10.5. The van der Waals surface area contributed by atoms with E-state index in [-0.39, 0.29) is 11.9 Å². The van der Waals surface area contributed by atoms with Crippen LogP contribution in [0.3, 0.4) is 0 Å². The van der Waals surface area contributed by atoms with Gasteiger partial charge in [0.1, 0.15) is 6.04 Å². The molecule has 0 spiro atoms. The number of nitrogens with two attached hydrogens (primary N) is 1. The molecule has 5 nitrogen and oxygen atoms in total. The molecular weight excluding hydrogens is 204 g/mol. The van der Waals surface area contributed by atoms with Gasteiger partial charge in [0.15, 0.2) is 0 Å². The van der Waals surface area contributed by atoms with Crippen LogP contribution in [0.5, 0.6) is 0 Å². The highest BCUT2D eigenvalue weighted by molar-refractivity contribution is 5.82. The number of primary amides is 1. The lowest BCUT2D eigenvalue weighted by Gasteiger charge is -2.18. The summed E-state index contributed by atoms with van der Waals surface area (Å²) < 4.78 is 1.77. The minimum absolute atomic E-state index is 0.191. The van der Waals surface area contributed by atoms with E-state index in [2.05, 4.69) is 10.4 Å². The van der Waals surface area contributed by atoms with Crippen molar-refractivity contribution in [3.63, 3.8) is 0 Å². The van der Waals surface area contributed by atoms with E-state index in [1.165, 1.54) is 0 Å². The van der Waals surface area contributed by atoms with Crippen LogP contribution in [-0.2, 0) is 11.8 Å². The van der Waals surface area contributed by atoms with Crippen molar-refractivity contribution in [2.75, 3.05) is 0 Å². The molecular formula is C11H20N4O. The Kier molecular flexibility index (Phi) is 3.70. The number of carbonyl (C=O) groups excluding carboxylic acids is 1. The Hall–Kier alpha value is -1.36. The fraction of sp³-hybridized carbons (Fsp3) is 0.636. The topological polar surface area (TPSA) is 72.9 Å². The quantitative estimate of drug-likeness (QED) is 0.785. The zero-order chi connectivity index (χ0) is 12.5. The van der Waals surface area contributed by atoms with E-state index in [4.69, 9.17) is 5.73 Å². The molecule has 0 fully saturated rings. The standard InChI is InChI=1S/C11H20N4O/c1-6(2)13-10(11(12)16)9-7(3)14-15(5)8(9)4/h6,10,13H,1-5H3,(H2,12,16). The van der Waals surface area contributed by atoms with Crippen molar-refractivity contribution in [2.45, 2.75) is 39.8 Å². The monoisotopic (exact) mass is 224 g/mol. The molecule has 0 aliphatic heterocycles. The van der Waals surface area contributed by atoms with Crippen molar-refractivity contribution in [3.05, 3.63) is 17.0 Å². The van der Waals surface area contributed by atoms with Crippen molar-refractivity contribution >= 4 is 5.91 Å². The number of rotatable bonds is 4. The van der Waals surface area contributed by atoms with Gasteiger partial charge in [-0.25, -0.2) is 0 Å². The van der Waals surface area contributed by atoms with Gasteiger partial charge >= 0.3 is 0 Å². The van der Waals surface area contributed by atoms with Crippen molar-refractivity contribution in [3.8, 4) is 0 Å². The first-order chi connectivity index (χ1) is 7.34. The number of nitrogens with one attached hydrogen (secondary N) is 1. The Morgan fingerprint density at radius 1 is 1.44 bits per heavy atom. The van der Waals surface area contributed by atoms with E-state index in [0.717, 1.165) is 17.0 Å². The Morgan fingerprint density at radius 2 is 2.00 bits per heavy atom. The van der Waals surface area contributed by atoms with Crippen LogP contribution in [0.4, 0.5) is 0 Å². The van der Waals surface area contributed by atoms with E-state index in [9.17, 15) is 4.79 Å². The minimum atomic E-state index is -0.464. The lowest BCUT2D eigenvalue weighted by Crippen LogP contribution is -2.38. The van der Waals surface area contributed by atoms with Gasteiger partial charge in [-0.05, 0) is 27.7 Å². The second-order valence-corrected chi connectivity index (χ2v) is 4.36. The molecule has 0 radical (unpaired) electrons. The molecule has 1 aromatic heterocycles. The van der Waals surface area contributed by atoms with Crippen LogP contribution in [0.2, 0.25) is 0 Å². The number of amides is 1. The summed E-state index contributed by atoms with van der Waals surface area (Å²) in [5.41, 5.74) is 8.13. The minimum Gasteiger partial charge on any atom is -0.368 e. The van der Waals surface area contributed by atoms with Gasteiger partial charge in [0.05, 0.1) is 5.69 Å². The average molecular weight is 224 g/mol. The van der Waals surface area contributed by atoms with Crippen molar-refractivity contribution in [1.82, 2.24) is 15.1 Å². The number of hydrogen-bond donors (Lipinski definition) is 2. The smallest absolute Gasteiger partial charge is 0.239 e. The second-order valence-electron chi connectivity index (χ2n) is 4.36. The normalized spacial score (nSPS) is 13.1. The lowest BCUT2D eigenvalue weighted by atomic mass is 10.0. The Balaban J connectivity index is 3.15. The Bertz CT molecular complexity index is 395. The summed E-state index contributed by atoms with van der Waals surface area (Å²) in [6.45, 7) is 7.79. The molecule has 90 valence electrons. The number of carbonyl (C=O) groups is 1. The zero-order valence-corrected chi connectivity index (χ0v) is 10.5. The largest absolute Gasteiger partial charge is 0.368 e. The summed E-state index contributed by atoms with van der Waals surface area (Å²) in [6.07, 6.45) is 0. The average Bonchev–Trinajstić information content (AvgIpc) is 2.38. The third-order valence-corrected chi connectivity index (χ3v) is 2.64. The lowest BCUT2D eigenvalue weighted by molar-refractivity contribution is -0.120. The van der Waals surface area contributed by atoms with E-state index >= 15 is 0 Å². The van der Waals surface area contributed by atoms with E-state index in [1.807, 2.05) is 34.7 Å². The molecule has 1 heterocycles. The molecule has 1 unspecified atom stereocenters. The molecule has 0 aliphatic rings. The molecule has 1 aromatic rings. The van der Waals surface area contributed by atoms with Gasteiger partial charge in [-0.3, -0.25) is 14.8 Å². The van der Waals surface area contributed by atoms with Crippen LogP contribution in [0.25, 0.3) is 0 Å². The first kappa shape index (κ1) is 12.7. The highest BCUT2D eigenvalue weighted by Gasteiger charge is 2.25. The summed E-state index contributed by atoms with van der Waals surface area (Å²) in [7, 11) is 1.86. The van der Waals surface area contributed by atoms with E-state index < -0.39 is 6.04 Å². The molecule has 1 atom stereocenters. The van der Waals surface area contributed by atoms with E-state index in [1.54, 1.807) is 4.68 Å². The fourth-order valence-corrected chi connectivity index (χ4v) is 1.85. The van der Waals surface area contributed by atoms with Gasteiger partial charge < -0.3 is 5.73 Å². The third kappa shape index (κ3) is 2.41. The molecule has 1 rings (SSSR count). The molecule has 1 amide bonds. The summed E-state index contributed by atoms with van der Waals surface area (Å²) in [6, 6.07) is -0.273. The first-order valence-electron chi connectivity index (χ1n) is 5.40. The van der Waals surface area contributed by atoms with Crippen LogP contribution in [0, 0.1) is 13.8 Å². The van der Waals surface area contributed by atoms with Crippen molar-refractivity contribution < 1.29 is 4.79 Å². The number of aromatic nitrogens is 2. The van der Waals surface area contributed by atoms with Gasteiger partial charge in [-0.2, -0.15) is 5.10 Å². The molecule has 0 aromatic carbocycles. The number of aryl methyl sites for hydroxylation is 2. The van der Waals surface area contributed by atoms with Gasteiger partial charge in [0.25, 0.3) is 0 Å². The first-order valence-corrected chi connectivity index (χ1v) is 5.40. The maximum Gasteiger partial charge on any atom is 0.239 e. The number of nitrogens with zero attached hydrogens (tertiary/aromatic N) is 2. The van der Waals surface area contributed by atoms with Crippen molar-refractivity contribution in [2.24, 2.45) is 12.8 Å². The summed E-state index contributed by atoms with van der Waals surface area (Å²) >= 11 is 0. The second kappa shape index (κ2) is 4.65. The van der Waals surface area contributed by atoms with Crippen LogP contribution in [0.1, 0.15) is 36.8 Å². The Morgan fingerprint density at radius 3 is 2.31 bits per heavy atom. The highest BCUT2D eigenvalue weighted by Crippen LogP contribution is 2.21. The highest BCUT2D eigenvalue weighted by atomic mass is 16.1. The van der Waals surface area contributed by atoms with Crippen LogP contribution in [-0.4, -0.2) is 21.7 Å². The fourth-order valence-electron chi connectivity index (χ4n) is 1.85. The third-order valence-electron chi connectivity index (χ3n) is 2.64. The van der Waals surface area contributed by atoms with Crippen molar-refractivity contribution in [1.29, 1.82) is 0 Å². The van der Waals surface area contributed by atoms with E-state index in [0.29, 0.717) is 0 Å². The predicted molar refractivity (Wildman–Crippen MR) is 62.9 cm³/mol. The predicted octanol–water partition coefficient (Wildman–Crippen LogP) is 0.561. The molecule has 5 heteroatoms. The molecule has 0 saturated carbocycles. The maximum atomic E-state index is 11.5. The molecule has 0 aliphatic carbocycles. The SMILES string of the molecule is Cc1nn(C)c(C)c1C(NC(C)C)C(N)=O. The molecule has 0 saturated heterocycles. The van der Waals surface area contributed by atoms with Crippen LogP contribution in [0.15, 0.2) is 0 Å². The summed E-state index contributed by atoms with van der Waals surface area (Å²) in [5, 5.41) is 7.45. The molecule has 0 bridgehead atoms. The summed E-state index contributed by atoms with van der Waals surface area (Å²) in [4.78, 5) is 11.5. The van der Waals surface area contributed by atoms with Gasteiger partial charge in [0.2, 0.25) is 5.91 Å². The van der Waals surface area contributed by atoms with Gasteiger partial charge in [0, 0.05) is 24.3 Å². The Labute approximate surface area is 96.0 Å². The van der Waals surface area contributed by atoms with Gasteiger partial charge in [-0.15, -0.1) is 0 Å². The summed E-state index contributed by atoms with van der Waals surface area (Å²) in [5.74, 6) is -0.368. The maximum absolute atomic E-state index is 11.5. The molecule has 16 heavy (non-hydrogen) atoms. The van der Waals surface area contributed by atoms with Gasteiger partial charge in [-0.1, -0.05) is 0 Å².